The molecule has 0 aliphatic carbocycles. The molecule has 1 N–H and O–H groups in total. The summed E-state index contributed by atoms with van der Waals surface area (Å²) in [5.74, 6) is -0.588. The molecule has 1 amide bonds. The number of carbonyl (C=O) groups is 1. The van der Waals surface area contributed by atoms with Gasteiger partial charge in [0.25, 0.3) is 5.91 Å². The number of hydrogen-bond acceptors (Lipinski definition) is 3. The first-order valence-electron chi connectivity index (χ1n) is 7.50. The Hall–Kier alpha value is -1.62. The van der Waals surface area contributed by atoms with Crippen molar-refractivity contribution in [2.45, 2.75) is 32.2 Å². The molecular formula is C16H23FN2O2. The van der Waals surface area contributed by atoms with E-state index >= 15 is 0 Å². The number of halogens is 1. The van der Waals surface area contributed by atoms with E-state index in [1.54, 1.807) is 19.2 Å². The van der Waals surface area contributed by atoms with Crippen LogP contribution >= 0.6 is 0 Å². The van der Waals surface area contributed by atoms with Crippen molar-refractivity contribution >= 4 is 11.6 Å². The van der Waals surface area contributed by atoms with Crippen LogP contribution in [-0.4, -0.2) is 38.8 Å². The minimum Gasteiger partial charge on any atom is -0.383 e. The summed E-state index contributed by atoms with van der Waals surface area (Å²) in [5.41, 5.74) is 0.943. The molecule has 1 saturated heterocycles. The Morgan fingerprint density at radius 1 is 1.43 bits per heavy atom. The smallest absolute Gasteiger partial charge is 0.251 e. The fourth-order valence-corrected chi connectivity index (χ4v) is 2.59. The molecule has 21 heavy (non-hydrogen) atoms. The van der Waals surface area contributed by atoms with E-state index < -0.39 is 0 Å². The molecule has 1 aliphatic heterocycles. The van der Waals surface area contributed by atoms with Crippen LogP contribution < -0.4 is 10.2 Å². The van der Waals surface area contributed by atoms with Crippen LogP contribution in [0.5, 0.6) is 0 Å². The summed E-state index contributed by atoms with van der Waals surface area (Å²) in [7, 11) is 1.60. The van der Waals surface area contributed by atoms with E-state index in [0.29, 0.717) is 17.9 Å². The lowest BCUT2D eigenvalue weighted by Crippen LogP contribution is -2.37. The largest absolute Gasteiger partial charge is 0.383 e. The van der Waals surface area contributed by atoms with Crippen LogP contribution in [0.1, 0.15) is 36.5 Å². The van der Waals surface area contributed by atoms with Gasteiger partial charge >= 0.3 is 0 Å². The second-order valence-electron chi connectivity index (χ2n) is 5.39. The maximum Gasteiger partial charge on any atom is 0.251 e. The Morgan fingerprint density at radius 3 is 2.71 bits per heavy atom. The summed E-state index contributed by atoms with van der Waals surface area (Å²) in [6.07, 6.45) is 2.96. The van der Waals surface area contributed by atoms with Crippen molar-refractivity contribution < 1.29 is 13.9 Å². The van der Waals surface area contributed by atoms with Crippen molar-refractivity contribution in [3.8, 4) is 0 Å². The van der Waals surface area contributed by atoms with E-state index in [-0.39, 0.29) is 17.8 Å². The number of nitrogens with one attached hydrogen (secondary N) is 1. The fourth-order valence-electron chi connectivity index (χ4n) is 2.59. The Balaban J connectivity index is 2.06. The van der Waals surface area contributed by atoms with Gasteiger partial charge in [-0.25, -0.2) is 4.39 Å². The molecule has 1 atom stereocenters. The molecule has 0 radical (unpaired) electrons. The number of anilines is 1. The Kier molecular flexibility index (Phi) is 5.56. The minimum absolute atomic E-state index is 0.0520. The zero-order valence-electron chi connectivity index (χ0n) is 12.7. The number of nitrogens with zero attached hydrogens (tertiary/aromatic N) is 1. The quantitative estimate of drug-likeness (QED) is 0.877. The monoisotopic (exact) mass is 294 g/mol. The topological polar surface area (TPSA) is 41.6 Å². The molecule has 4 nitrogen and oxygen atoms in total. The number of amides is 1. The lowest BCUT2D eigenvalue weighted by molar-refractivity contribution is 0.0894. The molecule has 2 rings (SSSR count). The van der Waals surface area contributed by atoms with E-state index in [2.05, 4.69) is 5.32 Å². The van der Waals surface area contributed by atoms with Crippen LogP contribution in [0.2, 0.25) is 0 Å². The van der Waals surface area contributed by atoms with E-state index in [1.165, 1.54) is 6.07 Å². The van der Waals surface area contributed by atoms with Gasteiger partial charge in [0.15, 0.2) is 0 Å². The number of benzene rings is 1. The summed E-state index contributed by atoms with van der Waals surface area (Å²) < 4.78 is 19.2. The fraction of sp³-hybridized carbons (Fsp3) is 0.562. The second kappa shape index (κ2) is 7.41. The predicted octanol–water partition coefficient (Wildman–Crippen LogP) is 2.58. The maximum absolute atomic E-state index is 14.2. The van der Waals surface area contributed by atoms with Crippen molar-refractivity contribution in [1.82, 2.24) is 5.32 Å². The average Bonchev–Trinajstić information content (AvgIpc) is 3.00. The van der Waals surface area contributed by atoms with Gasteiger partial charge in [0.2, 0.25) is 0 Å². The third-order valence-electron chi connectivity index (χ3n) is 3.85. The third-order valence-corrected chi connectivity index (χ3v) is 3.85. The maximum atomic E-state index is 14.2. The molecule has 0 spiro atoms. The molecule has 1 fully saturated rings. The summed E-state index contributed by atoms with van der Waals surface area (Å²) in [6, 6.07) is 4.66. The highest BCUT2D eigenvalue weighted by molar-refractivity contribution is 5.94. The van der Waals surface area contributed by atoms with Crippen LogP contribution in [0.25, 0.3) is 0 Å². The molecule has 116 valence electrons. The predicted molar refractivity (Wildman–Crippen MR) is 81.3 cm³/mol. The standard InChI is InChI=1S/C16H23FN2O2/c1-3-13(11-21-2)18-16(20)12-6-7-15(14(17)10-12)19-8-4-5-9-19/h6-7,10,13H,3-5,8-9,11H2,1-2H3,(H,18,20). The second-order valence-corrected chi connectivity index (χ2v) is 5.39. The molecule has 1 aromatic carbocycles. The number of ether oxygens (including phenoxy) is 1. The Labute approximate surface area is 125 Å². The summed E-state index contributed by atoms with van der Waals surface area (Å²) in [5, 5.41) is 2.86. The summed E-state index contributed by atoms with van der Waals surface area (Å²) >= 11 is 0. The first kappa shape index (κ1) is 15.8. The lowest BCUT2D eigenvalue weighted by atomic mass is 10.1. The first-order valence-corrected chi connectivity index (χ1v) is 7.50. The number of hydrogen-bond donors (Lipinski definition) is 1. The summed E-state index contributed by atoms with van der Waals surface area (Å²) in [4.78, 5) is 14.2. The van der Waals surface area contributed by atoms with Gasteiger partial charge in [-0.2, -0.15) is 0 Å². The average molecular weight is 294 g/mol. The van der Waals surface area contributed by atoms with Crippen LogP contribution in [-0.2, 0) is 4.74 Å². The third kappa shape index (κ3) is 3.94. The molecule has 1 heterocycles. The van der Waals surface area contributed by atoms with Crippen molar-refractivity contribution in [3.05, 3.63) is 29.6 Å². The number of rotatable bonds is 6. The zero-order valence-corrected chi connectivity index (χ0v) is 12.7. The van der Waals surface area contributed by atoms with Crippen LogP contribution in [0.15, 0.2) is 18.2 Å². The van der Waals surface area contributed by atoms with Gasteiger partial charge in [0.05, 0.1) is 18.3 Å². The molecule has 0 bridgehead atoms. The van der Waals surface area contributed by atoms with Gasteiger partial charge in [-0.15, -0.1) is 0 Å². The van der Waals surface area contributed by atoms with E-state index in [0.717, 1.165) is 32.4 Å². The highest BCUT2D eigenvalue weighted by Crippen LogP contribution is 2.24. The van der Waals surface area contributed by atoms with Gasteiger partial charge in [0.1, 0.15) is 5.82 Å². The minimum atomic E-state index is -0.329. The normalized spacial score (nSPS) is 16.0. The van der Waals surface area contributed by atoms with Crippen molar-refractivity contribution in [2.24, 2.45) is 0 Å². The highest BCUT2D eigenvalue weighted by atomic mass is 19.1. The van der Waals surface area contributed by atoms with Gasteiger partial charge in [-0.3, -0.25) is 4.79 Å². The van der Waals surface area contributed by atoms with Crippen LogP contribution in [0.3, 0.4) is 0 Å². The zero-order chi connectivity index (χ0) is 15.2. The van der Waals surface area contributed by atoms with Gasteiger partial charge < -0.3 is 15.0 Å². The van der Waals surface area contributed by atoms with Gasteiger partial charge in [-0.05, 0) is 37.5 Å². The SMILES string of the molecule is CCC(COC)NC(=O)c1ccc(N2CCCC2)c(F)c1. The molecule has 5 heteroatoms. The van der Waals surface area contributed by atoms with E-state index in [9.17, 15) is 9.18 Å². The van der Waals surface area contributed by atoms with E-state index in [4.69, 9.17) is 4.74 Å². The van der Waals surface area contributed by atoms with Gasteiger partial charge in [-0.1, -0.05) is 6.92 Å². The molecule has 0 saturated carbocycles. The van der Waals surface area contributed by atoms with Crippen molar-refractivity contribution in [2.75, 3.05) is 31.7 Å². The van der Waals surface area contributed by atoms with Crippen molar-refractivity contribution in [1.29, 1.82) is 0 Å². The van der Waals surface area contributed by atoms with Crippen LogP contribution in [0.4, 0.5) is 10.1 Å². The van der Waals surface area contributed by atoms with Crippen LogP contribution in [0, 0.1) is 5.82 Å². The number of carbonyl (C=O) groups excluding carboxylic acids is 1. The van der Waals surface area contributed by atoms with E-state index in [1.807, 2.05) is 11.8 Å². The molecule has 1 unspecified atom stereocenters. The Bertz CT molecular complexity index is 487. The molecule has 1 aliphatic rings. The first-order chi connectivity index (χ1) is 10.2. The molecule has 0 aromatic heterocycles. The van der Waals surface area contributed by atoms with Crippen molar-refractivity contribution in [3.63, 3.8) is 0 Å². The molecule has 1 aromatic rings. The molecular weight excluding hydrogens is 271 g/mol. The summed E-state index contributed by atoms with van der Waals surface area (Å²) in [6.45, 7) is 4.19. The van der Waals surface area contributed by atoms with Gasteiger partial charge in [0, 0.05) is 25.8 Å². The number of methoxy groups -OCH3 is 1. The highest BCUT2D eigenvalue weighted by Gasteiger charge is 2.18. The lowest BCUT2D eigenvalue weighted by Gasteiger charge is -2.19. The Morgan fingerprint density at radius 2 is 2.14 bits per heavy atom.